The van der Waals surface area contributed by atoms with Gasteiger partial charge in [0, 0.05) is 5.92 Å². The normalized spacial score (nSPS) is 49.2. The van der Waals surface area contributed by atoms with Crippen molar-refractivity contribution >= 4 is 5.78 Å². The van der Waals surface area contributed by atoms with Crippen molar-refractivity contribution in [1.29, 1.82) is 0 Å². The van der Waals surface area contributed by atoms with Gasteiger partial charge in [-0.2, -0.15) is 15.0 Å². The summed E-state index contributed by atoms with van der Waals surface area (Å²) in [6.07, 6.45) is 13.6. The second-order valence-corrected chi connectivity index (χ2v) is 11.6. The monoisotopic (exact) mass is 399 g/mol. The van der Waals surface area contributed by atoms with E-state index in [2.05, 4.69) is 24.0 Å². The number of Topliss-reactive ketones (excluding diaryl/α,β-unsaturated/α-hetero) is 1. The fraction of sp³-hybridized carbons (Fsp3) is 0.875. The molecule has 1 aromatic rings. The minimum absolute atomic E-state index is 0.148. The van der Waals surface area contributed by atoms with E-state index < -0.39 is 5.60 Å². The number of nitrogens with zero attached hydrogens (tertiary/aromatic N) is 3. The number of rotatable bonds is 3. The summed E-state index contributed by atoms with van der Waals surface area (Å²) in [6.45, 7) is 7.31. The summed E-state index contributed by atoms with van der Waals surface area (Å²) >= 11 is 0. The number of ketones is 1. The van der Waals surface area contributed by atoms with Gasteiger partial charge >= 0.3 is 0 Å². The highest BCUT2D eigenvalue weighted by atomic mass is 16.3. The zero-order chi connectivity index (χ0) is 20.4. The summed E-state index contributed by atoms with van der Waals surface area (Å²) in [5.41, 5.74) is 0.0634. The van der Waals surface area contributed by atoms with Crippen molar-refractivity contribution in [2.75, 3.05) is 0 Å². The van der Waals surface area contributed by atoms with E-state index in [1.54, 1.807) is 17.2 Å². The molecule has 0 aromatic carbocycles. The number of aliphatic hydroxyl groups is 1. The van der Waals surface area contributed by atoms with Crippen LogP contribution in [0.1, 0.15) is 78.6 Å². The smallest absolute Gasteiger partial charge is 0.159 e. The lowest BCUT2D eigenvalue weighted by atomic mass is 9.44. The molecular weight excluding hydrogens is 362 g/mol. The molecule has 4 aliphatic rings. The van der Waals surface area contributed by atoms with Crippen LogP contribution in [-0.2, 0) is 11.3 Å². The molecule has 0 radical (unpaired) electrons. The molecule has 5 nitrogen and oxygen atoms in total. The quantitative estimate of drug-likeness (QED) is 0.825. The van der Waals surface area contributed by atoms with Crippen molar-refractivity contribution in [3.8, 4) is 0 Å². The molecule has 0 amide bonds. The van der Waals surface area contributed by atoms with Gasteiger partial charge in [0.2, 0.25) is 0 Å². The van der Waals surface area contributed by atoms with Crippen molar-refractivity contribution in [2.24, 2.45) is 40.4 Å². The maximum atomic E-state index is 13.2. The van der Waals surface area contributed by atoms with Gasteiger partial charge in [-0.05, 0) is 99.2 Å². The first kappa shape index (κ1) is 19.7. The van der Waals surface area contributed by atoms with Gasteiger partial charge in [0.05, 0.1) is 18.0 Å². The van der Waals surface area contributed by atoms with Crippen LogP contribution in [0.25, 0.3) is 0 Å². The van der Waals surface area contributed by atoms with Crippen LogP contribution in [0.15, 0.2) is 12.4 Å². The average Bonchev–Trinajstić information content (AvgIpc) is 3.29. The highest BCUT2D eigenvalue weighted by Gasteiger charge is 2.61. The van der Waals surface area contributed by atoms with Gasteiger partial charge < -0.3 is 5.11 Å². The van der Waals surface area contributed by atoms with Crippen molar-refractivity contribution in [2.45, 2.75) is 90.7 Å². The topological polar surface area (TPSA) is 68.0 Å². The number of hydrogen-bond donors (Lipinski definition) is 1. The summed E-state index contributed by atoms with van der Waals surface area (Å²) in [6, 6.07) is 0. The Balaban J connectivity index is 1.36. The molecule has 2 unspecified atom stereocenters. The average molecular weight is 400 g/mol. The van der Waals surface area contributed by atoms with E-state index in [0.29, 0.717) is 29.6 Å². The van der Waals surface area contributed by atoms with Gasteiger partial charge in [-0.25, -0.2) is 0 Å². The summed E-state index contributed by atoms with van der Waals surface area (Å²) in [7, 11) is 0. The van der Waals surface area contributed by atoms with Crippen LogP contribution in [0.4, 0.5) is 0 Å². The minimum Gasteiger partial charge on any atom is -0.390 e. The number of carbonyl (C=O) groups excluding carboxylic acids is 1. The van der Waals surface area contributed by atoms with E-state index in [9.17, 15) is 9.90 Å². The third kappa shape index (κ3) is 3.02. The second kappa shape index (κ2) is 6.63. The first-order valence-corrected chi connectivity index (χ1v) is 11.8. The van der Waals surface area contributed by atoms with Gasteiger partial charge in [0.15, 0.2) is 5.78 Å². The molecule has 5 heteroatoms. The maximum absolute atomic E-state index is 13.2. The Hall–Kier alpha value is -1.23. The summed E-state index contributed by atoms with van der Waals surface area (Å²) in [4.78, 5) is 14.7. The van der Waals surface area contributed by atoms with Gasteiger partial charge in [0.1, 0.15) is 6.54 Å². The van der Waals surface area contributed by atoms with Crippen LogP contribution < -0.4 is 0 Å². The maximum Gasteiger partial charge on any atom is 0.159 e. The Morgan fingerprint density at radius 3 is 2.45 bits per heavy atom. The molecule has 4 fully saturated rings. The van der Waals surface area contributed by atoms with Crippen LogP contribution in [-0.4, -0.2) is 31.5 Å². The van der Waals surface area contributed by atoms with Crippen molar-refractivity contribution in [1.82, 2.24) is 15.0 Å². The fourth-order valence-corrected chi connectivity index (χ4v) is 8.53. The van der Waals surface area contributed by atoms with E-state index >= 15 is 0 Å². The van der Waals surface area contributed by atoms with E-state index in [1.165, 1.54) is 38.5 Å². The minimum atomic E-state index is -0.467. The Bertz CT molecular complexity index is 775. The van der Waals surface area contributed by atoms with Gasteiger partial charge in [-0.3, -0.25) is 4.79 Å². The van der Waals surface area contributed by atoms with E-state index in [4.69, 9.17) is 0 Å². The molecule has 0 saturated heterocycles. The van der Waals surface area contributed by atoms with Crippen molar-refractivity contribution in [3.63, 3.8) is 0 Å². The lowest BCUT2D eigenvalue weighted by molar-refractivity contribution is -0.151. The second-order valence-electron chi connectivity index (χ2n) is 11.6. The molecule has 5 rings (SSSR count). The Labute approximate surface area is 174 Å². The molecule has 29 heavy (non-hydrogen) atoms. The molecule has 0 aliphatic heterocycles. The lowest BCUT2D eigenvalue weighted by Crippen LogP contribution is -2.55. The lowest BCUT2D eigenvalue weighted by Gasteiger charge is -2.61. The van der Waals surface area contributed by atoms with Gasteiger partial charge in [0.25, 0.3) is 0 Å². The van der Waals surface area contributed by atoms with Crippen LogP contribution in [0.5, 0.6) is 0 Å². The first-order valence-electron chi connectivity index (χ1n) is 11.8. The Kier molecular flexibility index (Phi) is 4.51. The molecular formula is C24H37N3O2. The zero-order valence-corrected chi connectivity index (χ0v) is 18.3. The van der Waals surface area contributed by atoms with Crippen molar-refractivity contribution < 1.29 is 9.90 Å². The first-order chi connectivity index (χ1) is 13.7. The van der Waals surface area contributed by atoms with Crippen LogP contribution in [0.3, 0.4) is 0 Å². The van der Waals surface area contributed by atoms with Crippen LogP contribution >= 0.6 is 0 Å². The van der Waals surface area contributed by atoms with Gasteiger partial charge in [-0.1, -0.05) is 13.8 Å². The SMILES string of the molecule is CC1(O)CC[C@@]2(C)C(CC[C@H]3[C@@H]4CC[C@H](C(=O)Cn5nccn5)[C@@]4(C)CC[C@@H]32)C1. The summed E-state index contributed by atoms with van der Waals surface area (Å²) in [5, 5.41) is 19.0. The fourth-order valence-electron chi connectivity index (χ4n) is 8.53. The molecule has 160 valence electrons. The largest absolute Gasteiger partial charge is 0.390 e. The molecule has 1 aromatic heterocycles. The highest BCUT2D eigenvalue weighted by Crippen LogP contribution is 2.68. The summed E-state index contributed by atoms with van der Waals surface area (Å²) in [5.74, 6) is 3.38. The van der Waals surface area contributed by atoms with Gasteiger partial charge in [-0.15, -0.1) is 0 Å². The predicted molar refractivity (Wildman–Crippen MR) is 111 cm³/mol. The predicted octanol–water partition coefficient (Wildman–Crippen LogP) is 4.26. The van der Waals surface area contributed by atoms with Crippen LogP contribution in [0.2, 0.25) is 0 Å². The molecule has 8 atom stereocenters. The number of fused-ring (bicyclic) bond motifs is 5. The molecule has 0 spiro atoms. The summed E-state index contributed by atoms with van der Waals surface area (Å²) < 4.78 is 0. The molecule has 0 bridgehead atoms. The van der Waals surface area contributed by atoms with E-state index in [-0.39, 0.29) is 11.3 Å². The number of hydrogen-bond acceptors (Lipinski definition) is 4. The zero-order valence-electron chi connectivity index (χ0n) is 18.3. The molecule has 4 aliphatic carbocycles. The molecule has 4 saturated carbocycles. The third-order valence-corrected chi connectivity index (χ3v) is 10.1. The van der Waals surface area contributed by atoms with E-state index in [0.717, 1.165) is 31.1 Å². The third-order valence-electron chi connectivity index (χ3n) is 10.1. The van der Waals surface area contributed by atoms with Crippen LogP contribution in [0, 0.1) is 40.4 Å². The van der Waals surface area contributed by atoms with E-state index in [1.807, 2.05) is 6.92 Å². The Morgan fingerprint density at radius 2 is 1.69 bits per heavy atom. The molecule has 1 N–H and O–H groups in total. The Morgan fingerprint density at radius 1 is 0.966 bits per heavy atom. The number of aromatic nitrogens is 3. The van der Waals surface area contributed by atoms with Crippen molar-refractivity contribution in [3.05, 3.63) is 12.4 Å². The molecule has 1 heterocycles. The number of carbonyl (C=O) groups is 1. The highest BCUT2D eigenvalue weighted by molar-refractivity contribution is 5.81. The standard InChI is InChI=1S/C24H37N3O2/c1-22(29)10-11-23(2)16(14-22)4-5-17-18-6-7-20(24(18,3)9-8-19(17)23)21(28)15-27-25-12-13-26-27/h12-13,16-20,29H,4-11,14-15H2,1-3H3/t16?,17-,18-,19-,20+,22?,23-,24-/m0/s1.